The minimum atomic E-state index is -1.50. The predicted molar refractivity (Wildman–Crippen MR) is 151 cm³/mol. The second-order valence-electron chi connectivity index (χ2n) is 8.83. The zero-order valence-electron chi connectivity index (χ0n) is 20.0. The molecule has 184 valence electrons. The summed E-state index contributed by atoms with van der Waals surface area (Å²) >= 11 is 13.3. The summed E-state index contributed by atoms with van der Waals surface area (Å²) in [5.74, 6) is 0. The van der Waals surface area contributed by atoms with Crippen LogP contribution in [0, 0.1) is 0 Å². The highest BCUT2D eigenvalue weighted by molar-refractivity contribution is 6.39. The molecule has 3 aromatic heterocycles. The van der Waals surface area contributed by atoms with Crippen LogP contribution in [0.1, 0.15) is 16.7 Å². The fourth-order valence-electron chi connectivity index (χ4n) is 4.72. The van der Waals surface area contributed by atoms with Crippen molar-refractivity contribution in [3.8, 4) is 22.4 Å². The van der Waals surface area contributed by atoms with Gasteiger partial charge in [-0.15, -0.1) is 0 Å². The Hall–Kier alpha value is -4.16. The standard InChI is InChI=1S/C31H20Cl2N4O/c32-25-11-8-22(9-12-25)31(38,24-7-4-14-34-18-24)23-10-13-27-26(15-23)29(33)28(20-5-2-1-3-6-20)30(37-27)21-16-35-19-36-17-21/h1-19,38H. The van der Waals surface area contributed by atoms with E-state index in [0.29, 0.717) is 43.3 Å². The number of pyridine rings is 2. The average molecular weight is 535 g/mol. The highest BCUT2D eigenvalue weighted by Gasteiger charge is 2.35. The van der Waals surface area contributed by atoms with Crippen LogP contribution in [0.5, 0.6) is 0 Å². The zero-order chi connectivity index (χ0) is 26.1. The Kier molecular flexibility index (Phi) is 6.34. The number of hydrogen-bond acceptors (Lipinski definition) is 5. The van der Waals surface area contributed by atoms with Gasteiger partial charge in [-0.2, -0.15) is 0 Å². The van der Waals surface area contributed by atoms with Gasteiger partial charge in [-0.3, -0.25) is 4.98 Å². The summed E-state index contributed by atoms with van der Waals surface area (Å²) in [5.41, 5.74) is 4.19. The van der Waals surface area contributed by atoms with Crippen LogP contribution >= 0.6 is 23.2 Å². The van der Waals surface area contributed by atoms with Crippen molar-refractivity contribution < 1.29 is 5.11 Å². The van der Waals surface area contributed by atoms with Gasteiger partial charge in [-0.1, -0.05) is 77.8 Å². The molecule has 0 saturated heterocycles. The molecule has 3 heterocycles. The highest BCUT2D eigenvalue weighted by Crippen LogP contribution is 2.43. The van der Waals surface area contributed by atoms with E-state index in [-0.39, 0.29) is 0 Å². The Bertz CT molecular complexity index is 1730. The molecule has 0 spiro atoms. The van der Waals surface area contributed by atoms with Crippen molar-refractivity contribution in [3.63, 3.8) is 0 Å². The number of fused-ring (bicyclic) bond motifs is 1. The molecule has 0 fully saturated rings. The summed E-state index contributed by atoms with van der Waals surface area (Å²) in [7, 11) is 0. The lowest BCUT2D eigenvalue weighted by atomic mass is 9.80. The fraction of sp³-hybridized carbons (Fsp3) is 0.0323. The third kappa shape index (κ3) is 4.21. The van der Waals surface area contributed by atoms with E-state index in [9.17, 15) is 5.11 Å². The van der Waals surface area contributed by atoms with Gasteiger partial charge in [0.15, 0.2) is 0 Å². The van der Waals surface area contributed by atoms with Gasteiger partial charge in [0.05, 0.1) is 16.2 Å². The zero-order valence-corrected chi connectivity index (χ0v) is 21.5. The molecule has 5 nitrogen and oxygen atoms in total. The van der Waals surface area contributed by atoms with Crippen molar-refractivity contribution in [2.24, 2.45) is 0 Å². The van der Waals surface area contributed by atoms with E-state index >= 15 is 0 Å². The Morgan fingerprint density at radius 1 is 0.658 bits per heavy atom. The summed E-state index contributed by atoms with van der Waals surface area (Å²) in [6, 6.07) is 26.3. The van der Waals surface area contributed by atoms with E-state index in [0.717, 1.165) is 16.7 Å². The number of rotatable bonds is 5. The Morgan fingerprint density at radius 2 is 1.39 bits per heavy atom. The molecule has 0 bridgehead atoms. The third-order valence-corrected chi connectivity index (χ3v) is 7.22. The van der Waals surface area contributed by atoms with E-state index < -0.39 is 5.60 Å². The van der Waals surface area contributed by atoms with E-state index in [1.165, 1.54) is 6.33 Å². The third-order valence-electron chi connectivity index (χ3n) is 6.58. The molecule has 0 aliphatic heterocycles. The molecule has 1 atom stereocenters. The second kappa shape index (κ2) is 9.95. The summed E-state index contributed by atoms with van der Waals surface area (Å²) in [6.45, 7) is 0. The maximum Gasteiger partial charge on any atom is 0.142 e. The summed E-state index contributed by atoms with van der Waals surface area (Å²) in [5, 5.41) is 14.1. The van der Waals surface area contributed by atoms with Crippen LogP contribution in [0.4, 0.5) is 0 Å². The Labute approximate surface area is 229 Å². The van der Waals surface area contributed by atoms with Gasteiger partial charge in [0.25, 0.3) is 0 Å². The van der Waals surface area contributed by atoms with Gasteiger partial charge in [0.2, 0.25) is 0 Å². The average Bonchev–Trinajstić information content (AvgIpc) is 2.98. The maximum atomic E-state index is 12.3. The minimum Gasteiger partial charge on any atom is -0.376 e. The van der Waals surface area contributed by atoms with Crippen molar-refractivity contribution in [2.75, 3.05) is 0 Å². The molecule has 1 N–H and O–H groups in total. The molecule has 3 aromatic carbocycles. The summed E-state index contributed by atoms with van der Waals surface area (Å²) in [6.07, 6.45) is 8.26. The molecule has 0 aliphatic rings. The molecule has 6 aromatic rings. The number of halogens is 2. The van der Waals surface area contributed by atoms with E-state index in [1.807, 2.05) is 66.7 Å². The molecule has 0 aliphatic carbocycles. The number of hydrogen-bond donors (Lipinski definition) is 1. The van der Waals surface area contributed by atoms with Gasteiger partial charge in [-0.05, 0) is 47.0 Å². The van der Waals surface area contributed by atoms with E-state index in [4.69, 9.17) is 28.2 Å². The van der Waals surface area contributed by atoms with Crippen molar-refractivity contribution in [1.82, 2.24) is 19.9 Å². The van der Waals surface area contributed by atoms with Crippen molar-refractivity contribution in [1.29, 1.82) is 0 Å². The largest absolute Gasteiger partial charge is 0.376 e. The highest BCUT2D eigenvalue weighted by atomic mass is 35.5. The molecular weight excluding hydrogens is 515 g/mol. The van der Waals surface area contributed by atoms with Crippen molar-refractivity contribution in [3.05, 3.63) is 143 Å². The van der Waals surface area contributed by atoms with Crippen LogP contribution in [0.15, 0.2) is 116 Å². The summed E-state index contributed by atoms with van der Waals surface area (Å²) in [4.78, 5) is 17.6. The van der Waals surface area contributed by atoms with Crippen molar-refractivity contribution >= 4 is 34.1 Å². The van der Waals surface area contributed by atoms with Gasteiger partial charge in [0.1, 0.15) is 11.9 Å². The lowest BCUT2D eigenvalue weighted by Gasteiger charge is -2.30. The predicted octanol–water partition coefficient (Wildman–Crippen LogP) is 7.34. The van der Waals surface area contributed by atoms with E-state index in [1.54, 1.807) is 43.0 Å². The van der Waals surface area contributed by atoms with Gasteiger partial charge >= 0.3 is 0 Å². The lowest BCUT2D eigenvalue weighted by molar-refractivity contribution is 0.125. The van der Waals surface area contributed by atoms with Crippen LogP contribution in [0.25, 0.3) is 33.3 Å². The number of nitrogens with zero attached hydrogens (tertiary/aromatic N) is 4. The first-order chi connectivity index (χ1) is 18.6. The molecule has 0 saturated carbocycles. The molecule has 38 heavy (non-hydrogen) atoms. The molecular formula is C31H20Cl2N4O. The first-order valence-corrected chi connectivity index (χ1v) is 12.6. The smallest absolute Gasteiger partial charge is 0.142 e. The second-order valence-corrected chi connectivity index (χ2v) is 9.65. The Morgan fingerprint density at radius 3 is 2.11 bits per heavy atom. The lowest BCUT2D eigenvalue weighted by Crippen LogP contribution is -2.29. The minimum absolute atomic E-state index is 0.520. The monoisotopic (exact) mass is 534 g/mol. The fourth-order valence-corrected chi connectivity index (χ4v) is 5.19. The quantitative estimate of drug-likeness (QED) is 0.250. The van der Waals surface area contributed by atoms with Crippen LogP contribution in [-0.4, -0.2) is 25.0 Å². The molecule has 7 heteroatoms. The topological polar surface area (TPSA) is 71.8 Å². The Balaban J connectivity index is 1.63. The van der Waals surface area contributed by atoms with Gasteiger partial charge in [0, 0.05) is 51.9 Å². The van der Waals surface area contributed by atoms with E-state index in [2.05, 4.69) is 15.0 Å². The molecule has 1 unspecified atom stereocenters. The van der Waals surface area contributed by atoms with Gasteiger partial charge in [-0.25, -0.2) is 15.0 Å². The van der Waals surface area contributed by atoms with Gasteiger partial charge < -0.3 is 5.11 Å². The normalized spacial score (nSPS) is 12.8. The summed E-state index contributed by atoms with van der Waals surface area (Å²) < 4.78 is 0. The number of benzene rings is 3. The van der Waals surface area contributed by atoms with Crippen LogP contribution in [-0.2, 0) is 5.60 Å². The molecule has 6 rings (SSSR count). The van der Waals surface area contributed by atoms with Crippen LogP contribution in [0.3, 0.4) is 0 Å². The van der Waals surface area contributed by atoms with Crippen LogP contribution in [0.2, 0.25) is 10.0 Å². The SMILES string of the molecule is OC(c1ccc(Cl)cc1)(c1cccnc1)c1ccc2nc(-c3cncnc3)c(-c3ccccc3)c(Cl)c2c1. The molecule has 0 radical (unpaired) electrons. The first-order valence-electron chi connectivity index (χ1n) is 11.9. The number of aliphatic hydroxyl groups is 1. The first kappa shape index (κ1) is 24.2. The number of aromatic nitrogens is 4. The molecule has 0 amide bonds. The van der Waals surface area contributed by atoms with Crippen molar-refractivity contribution in [2.45, 2.75) is 5.60 Å². The maximum absolute atomic E-state index is 12.3. The van der Waals surface area contributed by atoms with Crippen LogP contribution < -0.4 is 0 Å².